The van der Waals surface area contributed by atoms with Crippen molar-refractivity contribution < 1.29 is 22.9 Å². The lowest BCUT2D eigenvalue weighted by atomic mass is 10.1. The molecular formula is C28H31ClN4O6S. The average Bonchev–Trinajstić information content (AvgIpc) is 2.96. The van der Waals surface area contributed by atoms with Gasteiger partial charge in [-0.3, -0.25) is 24.0 Å². The molecule has 40 heavy (non-hydrogen) atoms. The monoisotopic (exact) mass is 586 g/mol. The van der Waals surface area contributed by atoms with Crippen LogP contribution in [0.4, 0.5) is 11.4 Å². The first-order chi connectivity index (χ1) is 19.1. The molecule has 0 aliphatic rings. The van der Waals surface area contributed by atoms with Crippen LogP contribution in [0.1, 0.15) is 32.3 Å². The fourth-order valence-electron chi connectivity index (χ4n) is 4.08. The van der Waals surface area contributed by atoms with Crippen LogP contribution in [0.2, 0.25) is 5.02 Å². The number of nitro groups is 1. The number of hydrogen-bond donors (Lipinski definition) is 1. The van der Waals surface area contributed by atoms with Gasteiger partial charge in [-0.1, -0.05) is 61.8 Å². The highest BCUT2D eigenvalue weighted by Crippen LogP contribution is 2.28. The number of rotatable bonds is 13. The van der Waals surface area contributed by atoms with Crippen LogP contribution in [0.3, 0.4) is 0 Å². The number of carbonyl (C=O) groups excluding carboxylic acids is 2. The minimum Gasteiger partial charge on any atom is -0.354 e. The van der Waals surface area contributed by atoms with Crippen LogP contribution in [-0.2, 0) is 26.2 Å². The maximum Gasteiger partial charge on any atom is 0.271 e. The Balaban J connectivity index is 2.07. The van der Waals surface area contributed by atoms with Crippen molar-refractivity contribution in [3.8, 4) is 0 Å². The Morgan fingerprint density at radius 2 is 1.68 bits per heavy atom. The fraction of sp³-hybridized carbons (Fsp3) is 0.286. The van der Waals surface area contributed by atoms with Gasteiger partial charge in [-0.05, 0) is 48.7 Å². The molecule has 0 aromatic heterocycles. The van der Waals surface area contributed by atoms with Gasteiger partial charge in [0.2, 0.25) is 11.8 Å². The topological polar surface area (TPSA) is 130 Å². The van der Waals surface area contributed by atoms with Crippen molar-refractivity contribution in [2.24, 2.45) is 0 Å². The summed E-state index contributed by atoms with van der Waals surface area (Å²) in [5.74, 6) is -1.01. The Hall–Kier alpha value is -3.96. The summed E-state index contributed by atoms with van der Waals surface area (Å²) in [6, 6.07) is 18.4. The molecule has 0 aliphatic heterocycles. The van der Waals surface area contributed by atoms with Gasteiger partial charge in [-0.15, -0.1) is 0 Å². The molecule has 0 saturated heterocycles. The average molecular weight is 587 g/mol. The van der Waals surface area contributed by atoms with Crippen molar-refractivity contribution in [2.45, 2.75) is 44.2 Å². The largest absolute Gasteiger partial charge is 0.354 e. The van der Waals surface area contributed by atoms with Crippen molar-refractivity contribution in [1.82, 2.24) is 10.2 Å². The van der Waals surface area contributed by atoms with Crippen LogP contribution in [0.5, 0.6) is 0 Å². The first kappa shape index (κ1) is 30.6. The van der Waals surface area contributed by atoms with E-state index in [0.717, 1.165) is 10.4 Å². The van der Waals surface area contributed by atoms with Crippen molar-refractivity contribution in [1.29, 1.82) is 0 Å². The Morgan fingerprint density at radius 1 is 1.00 bits per heavy atom. The first-order valence-electron chi connectivity index (χ1n) is 12.7. The minimum absolute atomic E-state index is 0.0161. The third kappa shape index (κ3) is 7.57. The molecule has 3 aromatic carbocycles. The number of nitro benzene ring substituents is 1. The standard InChI is InChI=1S/C28H31ClN4O6S/c1-3-17-30-28(35)26(4-2)31(19-21-13-15-22(29)16-14-21)27(34)20-32(23-9-8-10-24(18-23)33(36)37)40(38,39)25-11-6-5-7-12-25/h5-16,18,26H,3-4,17,19-20H2,1-2H3,(H,30,35)/t26-/m0/s1. The number of hydrogen-bond acceptors (Lipinski definition) is 6. The highest BCUT2D eigenvalue weighted by molar-refractivity contribution is 7.92. The van der Waals surface area contributed by atoms with E-state index in [1.807, 2.05) is 6.92 Å². The molecule has 0 heterocycles. The van der Waals surface area contributed by atoms with E-state index in [2.05, 4.69) is 5.32 Å². The summed E-state index contributed by atoms with van der Waals surface area (Å²) in [5, 5.41) is 14.8. The maximum atomic E-state index is 14.0. The molecule has 3 rings (SSSR count). The molecule has 10 nitrogen and oxygen atoms in total. The van der Waals surface area contributed by atoms with Crippen molar-refractivity contribution >= 4 is 44.8 Å². The van der Waals surface area contributed by atoms with Crippen LogP contribution in [0, 0.1) is 10.1 Å². The van der Waals surface area contributed by atoms with Crippen LogP contribution in [0.15, 0.2) is 83.8 Å². The van der Waals surface area contributed by atoms with E-state index in [9.17, 15) is 28.1 Å². The molecule has 2 amide bonds. The molecule has 0 fully saturated rings. The quantitative estimate of drug-likeness (QED) is 0.227. The summed E-state index contributed by atoms with van der Waals surface area (Å²) in [6.45, 7) is 3.41. The molecule has 0 bridgehead atoms. The second kappa shape index (κ2) is 13.9. The normalized spacial score (nSPS) is 11.9. The van der Waals surface area contributed by atoms with Gasteiger partial charge in [0.1, 0.15) is 12.6 Å². The van der Waals surface area contributed by atoms with E-state index in [1.165, 1.54) is 35.2 Å². The van der Waals surface area contributed by atoms with Crippen molar-refractivity contribution in [3.63, 3.8) is 0 Å². The summed E-state index contributed by atoms with van der Waals surface area (Å²) < 4.78 is 28.4. The number of non-ortho nitro benzene ring substituents is 1. The zero-order valence-electron chi connectivity index (χ0n) is 22.2. The third-order valence-corrected chi connectivity index (χ3v) is 8.18. The van der Waals surface area contributed by atoms with E-state index in [4.69, 9.17) is 11.6 Å². The Labute approximate surface area is 238 Å². The predicted molar refractivity (Wildman–Crippen MR) is 153 cm³/mol. The molecular weight excluding hydrogens is 556 g/mol. The molecule has 3 aromatic rings. The van der Waals surface area contributed by atoms with Gasteiger partial charge in [0.05, 0.1) is 15.5 Å². The molecule has 1 N–H and O–H groups in total. The second-order valence-electron chi connectivity index (χ2n) is 8.96. The lowest BCUT2D eigenvalue weighted by Gasteiger charge is -2.33. The number of nitrogens with one attached hydrogen (secondary N) is 1. The maximum absolute atomic E-state index is 14.0. The van der Waals surface area contributed by atoms with Gasteiger partial charge in [0.25, 0.3) is 15.7 Å². The summed E-state index contributed by atoms with van der Waals surface area (Å²) in [6.07, 6.45) is 0.973. The summed E-state index contributed by atoms with van der Waals surface area (Å²) >= 11 is 6.02. The van der Waals surface area contributed by atoms with Crippen LogP contribution < -0.4 is 9.62 Å². The third-order valence-electron chi connectivity index (χ3n) is 6.14. The van der Waals surface area contributed by atoms with Crippen LogP contribution >= 0.6 is 11.6 Å². The van der Waals surface area contributed by atoms with Gasteiger partial charge in [0, 0.05) is 30.2 Å². The molecule has 0 saturated carbocycles. The van der Waals surface area contributed by atoms with E-state index in [-0.39, 0.29) is 35.1 Å². The smallest absolute Gasteiger partial charge is 0.271 e. The number of sulfonamides is 1. The number of halogens is 1. The first-order valence-corrected chi connectivity index (χ1v) is 14.5. The number of amides is 2. The SMILES string of the molecule is CCCNC(=O)[C@H](CC)N(Cc1ccc(Cl)cc1)C(=O)CN(c1cccc([N+](=O)[O-])c1)S(=O)(=O)c1ccccc1. The van der Waals surface area contributed by atoms with E-state index >= 15 is 0 Å². The minimum atomic E-state index is -4.33. The van der Waals surface area contributed by atoms with Crippen molar-refractivity contribution in [3.05, 3.63) is 99.6 Å². The van der Waals surface area contributed by atoms with Crippen molar-refractivity contribution in [2.75, 3.05) is 17.4 Å². The molecule has 0 unspecified atom stereocenters. The molecule has 0 radical (unpaired) electrons. The number of anilines is 1. The van der Waals surface area contributed by atoms with Gasteiger partial charge in [-0.25, -0.2) is 8.42 Å². The molecule has 212 valence electrons. The van der Waals surface area contributed by atoms with Crippen LogP contribution in [-0.4, -0.2) is 49.2 Å². The number of benzene rings is 3. The Kier molecular flexibility index (Phi) is 10.6. The summed E-state index contributed by atoms with van der Waals surface area (Å²) in [5.41, 5.74) is 0.301. The van der Waals surface area contributed by atoms with Gasteiger partial charge < -0.3 is 10.2 Å². The zero-order chi connectivity index (χ0) is 29.3. The molecule has 0 spiro atoms. The highest BCUT2D eigenvalue weighted by atomic mass is 35.5. The second-order valence-corrected chi connectivity index (χ2v) is 11.3. The summed E-state index contributed by atoms with van der Waals surface area (Å²) in [4.78, 5) is 39.1. The van der Waals surface area contributed by atoms with Crippen LogP contribution in [0.25, 0.3) is 0 Å². The van der Waals surface area contributed by atoms with Gasteiger partial charge in [0.15, 0.2) is 0 Å². The van der Waals surface area contributed by atoms with E-state index in [0.29, 0.717) is 23.6 Å². The molecule has 12 heteroatoms. The lowest BCUT2D eigenvalue weighted by Crippen LogP contribution is -2.52. The number of nitrogens with zero attached hydrogens (tertiary/aromatic N) is 3. The van der Waals surface area contributed by atoms with E-state index < -0.39 is 33.4 Å². The Bertz CT molecular complexity index is 1430. The predicted octanol–water partition coefficient (Wildman–Crippen LogP) is 4.78. The van der Waals surface area contributed by atoms with Gasteiger partial charge in [-0.2, -0.15) is 0 Å². The zero-order valence-corrected chi connectivity index (χ0v) is 23.8. The fourth-order valence-corrected chi connectivity index (χ4v) is 5.64. The lowest BCUT2D eigenvalue weighted by molar-refractivity contribution is -0.384. The molecule has 1 atom stereocenters. The molecule has 0 aliphatic carbocycles. The summed E-state index contributed by atoms with van der Waals surface area (Å²) in [7, 11) is -4.33. The Morgan fingerprint density at radius 3 is 2.27 bits per heavy atom. The van der Waals surface area contributed by atoms with E-state index in [1.54, 1.807) is 49.4 Å². The van der Waals surface area contributed by atoms with Gasteiger partial charge >= 0.3 is 0 Å². The number of carbonyl (C=O) groups is 2. The highest BCUT2D eigenvalue weighted by Gasteiger charge is 2.34.